The van der Waals surface area contributed by atoms with Crippen molar-refractivity contribution in [1.29, 1.82) is 0 Å². The molecule has 0 rings (SSSR count). The van der Waals surface area contributed by atoms with Crippen LogP contribution >= 0.6 is 15.6 Å². The van der Waals surface area contributed by atoms with Crippen LogP contribution < -0.4 is 0 Å². The van der Waals surface area contributed by atoms with Gasteiger partial charge in [-0.2, -0.15) is 0 Å². The van der Waals surface area contributed by atoms with Gasteiger partial charge >= 0.3 is 39.5 Å². The first kappa shape index (κ1) is 98.1. The number of hydrogen-bond acceptors (Lipinski definition) is 15. The minimum atomic E-state index is -4.96. The molecule has 4 unspecified atom stereocenters. The molecule has 17 nitrogen and oxygen atoms in total. The molecule has 0 aromatic heterocycles. The van der Waals surface area contributed by atoms with Crippen LogP contribution in [-0.4, -0.2) is 96.7 Å². The largest absolute Gasteiger partial charge is 0.472 e. The molecule has 0 saturated heterocycles. The van der Waals surface area contributed by atoms with Gasteiger partial charge in [0.1, 0.15) is 19.3 Å². The Balaban J connectivity index is 5.25. The monoisotopic (exact) mass is 1470 g/mol. The SMILES string of the molecule is CCCCCCCCCCCCCCCCCCCCCCC(=O)O[C@H](COC(=O)CCCCCCCCCCCCC(C)CC)COP(=O)(O)OC[C@@H](O)COP(=O)(O)OC[C@@H](COC(=O)CCCCCCCCCCC(C)CC)OC(=O)CCCCCCCCCCCCCCCC. The van der Waals surface area contributed by atoms with Gasteiger partial charge in [-0.15, -0.1) is 0 Å². The quantitative estimate of drug-likeness (QED) is 0.0222. The van der Waals surface area contributed by atoms with Crippen LogP contribution in [0, 0.1) is 11.8 Å². The lowest BCUT2D eigenvalue weighted by Crippen LogP contribution is -2.30. The predicted octanol–water partition coefficient (Wildman–Crippen LogP) is 24.3. The average molecular weight is 1470 g/mol. The molecule has 0 aliphatic carbocycles. The fraction of sp³-hybridized carbons (Fsp3) is 0.951. The molecule has 594 valence electrons. The molecule has 0 aromatic rings. The minimum Gasteiger partial charge on any atom is -0.462 e. The van der Waals surface area contributed by atoms with Crippen LogP contribution in [0.1, 0.15) is 427 Å². The van der Waals surface area contributed by atoms with Gasteiger partial charge in [0.15, 0.2) is 12.2 Å². The first-order valence-corrected chi connectivity index (χ1v) is 45.1. The van der Waals surface area contributed by atoms with E-state index in [0.717, 1.165) is 102 Å². The molecule has 19 heteroatoms. The summed E-state index contributed by atoms with van der Waals surface area (Å²) in [7, 11) is -9.92. The Bertz CT molecular complexity index is 1930. The van der Waals surface area contributed by atoms with Gasteiger partial charge in [-0.1, -0.05) is 375 Å². The highest BCUT2D eigenvalue weighted by Gasteiger charge is 2.30. The number of aliphatic hydroxyl groups excluding tert-OH is 1. The number of hydrogen-bond donors (Lipinski definition) is 3. The Kier molecular flexibility index (Phi) is 71.2. The number of carbonyl (C=O) groups is 4. The molecule has 0 amide bonds. The maximum Gasteiger partial charge on any atom is 0.472 e. The van der Waals surface area contributed by atoms with Crippen LogP contribution in [0.4, 0.5) is 0 Å². The molecule has 0 saturated carbocycles. The normalized spacial score (nSPS) is 14.4. The Morgan fingerprint density at radius 2 is 0.480 bits per heavy atom. The van der Waals surface area contributed by atoms with E-state index in [1.165, 1.54) is 244 Å². The molecule has 0 radical (unpaired) electrons. The van der Waals surface area contributed by atoms with Crippen LogP contribution in [0.25, 0.3) is 0 Å². The van der Waals surface area contributed by atoms with Gasteiger partial charge in [0.05, 0.1) is 26.4 Å². The number of carbonyl (C=O) groups excluding carboxylic acids is 4. The fourth-order valence-electron chi connectivity index (χ4n) is 12.5. The lowest BCUT2D eigenvalue weighted by atomic mass is 9.99. The van der Waals surface area contributed by atoms with Crippen molar-refractivity contribution in [2.75, 3.05) is 39.6 Å². The number of ether oxygens (including phenoxy) is 4. The van der Waals surface area contributed by atoms with E-state index in [9.17, 15) is 43.2 Å². The van der Waals surface area contributed by atoms with Gasteiger partial charge in [0.2, 0.25) is 0 Å². The van der Waals surface area contributed by atoms with Crippen molar-refractivity contribution in [3.05, 3.63) is 0 Å². The highest BCUT2D eigenvalue weighted by atomic mass is 31.2. The zero-order valence-electron chi connectivity index (χ0n) is 65.5. The first-order valence-electron chi connectivity index (χ1n) is 42.1. The highest BCUT2D eigenvalue weighted by molar-refractivity contribution is 7.47. The highest BCUT2D eigenvalue weighted by Crippen LogP contribution is 2.45. The molecular weight excluding hydrogens is 1310 g/mol. The third kappa shape index (κ3) is 71.7. The number of phosphoric ester groups is 2. The second kappa shape index (κ2) is 72.6. The predicted molar refractivity (Wildman–Crippen MR) is 409 cm³/mol. The Morgan fingerprint density at radius 3 is 0.710 bits per heavy atom. The van der Waals surface area contributed by atoms with Crippen molar-refractivity contribution in [3.63, 3.8) is 0 Å². The summed E-state index contributed by atoms with van der Waals surface area (Å²) >= 11 is 0. The Labute approximate surface area is 613 Å². The summed E-state index contributed by atoms with van der Waals surface area (Å²) in [6, 6.07) is 0. The lowest BCUT2D eigenvalue weighted by Gasteiger charge is -2.21. The second-order valence-corrected chi connectivity index (χ2v) is 32.6. The van der Waals surface area contributed by atoms with Crippen molar-refractivity contribution < 1.29 is 80.2 Å². The van der Waals surface area contributed by atoms with Crippen LogP contribution in [0.3, 0.4) is 0 Å². The molecule has 3 N–H and O–H groups in total. The van der Waals surface area contributed by atoms with E-state index in [1.807, 2.05) is 0 Å². The average Bonchev–Trinajstić information content (AvgIpc) is 1.01. The number of unbranched alkanes of at least 4 members (excludes halogenated alkanes) is 48. The molecule has 0 aliphatic heterocycles. The number of phosphoric acid groups is 2. The van der Waals surface area contributed by atoms with Gasteiger partial charge in [-0.3, -0.25) is 37.3 Å². The fourth-order valence-corrected chi connectivity index (χ4v) is 14.1. The molecular formula is C81H158O17P2. The van der Waals surface area contributed by atoms with Gasteiger partial charge in [-0.05, 0) is 37.5 Å². The van der Waals surface area contributed by atoms with Crippen LogP contribution in [-0.2, 0) is 65.4 Å². The smallest absolute Gasteiger partial charge is 0.462 e. The van der Waals surface area contributed by atoms with E-state index < -0.39 is 97.5 Å². The zero-order chi connectivity index (χ0) is 73.5. The number of aliphatic hydroxyl groups is 1. The third-order valence-corrected chi connectivity index (χ3v) is 21.6. The van der Waals surface area contributed by atoms with E-state index in [-0.39, 0.29) is 25.7 Å². The minimum absolute atomic E-state index is 0.108. The van der Waals surface area contributed by atoms with Gasteiger partial charge in [0, 0.05) is 25.7 Å². The molecule has 0 aliphatic rings. The summed E-state index contributed by atoms with van der Waals surface area (Å²) in [5, 5.41) is 10.6. The topological polar surface area (TPSA) is 237 Å². The van der Waals surface area contributed by atoms with Gasteiger partial charge < -0.3 is 33.8 Å². The van der Waals surface area contributed by atoms with Crippen molar-refractivity contribution in [2.45, 2.75) is 445 Å². The summed E-state index contributed by atoms with van der Waals surface area (Å²) in [6.45, 7) is 9.67. The Morgan fingerprint density at radius 1 is 0.280 bits per heavy atom. The van der Waals surface area contributed by atoms with Crippen LogP contribution in [0.15, 0.2) is 0 Å². The number of rotatable bonds is 80. The maximum atomic E-state index is 13.1. The summed E-state index contributed by atoms with van der Waals surface area (Å²) < 4.78 is 68.7. The zero-order valence-corrected chi connectivity index (χ0v) is 67.3. The molecule has 0 aromatic carbocycles. The second-order valence-electron chi connectivity index (χ2n) is 29.6. The van der Waals surface area contributed by atoms with E-state index >= 15 is 0 Å². The summed E-state index contributed by atoms with van der Waals surface area (Å²) in [5.41, 5.74) is 0. The molecule has 0 spiro atoms. The van der Waals surface area contributed by atoms with Crippen LogP contribution in [0.5, 0.6) is 0 Å². The maximum absolute atomic E-state index is 13.1. The van der Waals surface area contributed by atoms with Crippen molar-refractivity contribution in [3.8, 4) is 0 Å². The molecule has 0 fully saturated rings. The van der Waals surface area contributed by atoms with E-state index in [0.29, 0.717) is 25.7 Å². The van der Waals surface area contributed by atoms with E-state index in [1.54, 1.807) is 0 Å². The van der Waals surface area contributed by atoms with Gasteiger partial charge in [0.25, 0.3) is 0 Å². The van der Waals surface area contributed by atoms with Crippen molar-refractivity contribution in [2.24, 2.45) is 11.8 Å². The standard InChI is InChI=1S/C81H158O17P2/c1-7-11-13-15-17-19-21-23-25-26-27-28-29-30-32-34-40-48-54-60-66-81(86)97-76(69-91-78(83)63-57-51-45-38-36-35-37-43-49-55-61-73(5)9-3)71-95-99(87,88)93-67-75(82)68-94-100(89,90)96-72-77(70-92-79(84)64-58-52-46-42-41-44-50-56-62-74(6)10-4)98-80(85)65-59-53-47-39-33-31-24-22-20-18-16-14-12-8-2/h73-77,82H,7-72H2,1-6H3,(H,87,88)(H,89,90)/t73?,74?,75-,76-,77-/m1/s1. The van der Waals surface area contributed by atoms with Crippen molar-refractivity contribution >= 4 is 39.5 Å². The van der Waals surface area contributed by atoms with Crippen LogP contribution in [0.2, 0.25) is 0 Å². The Hall–Kier alpha value is -1.94. The summed E-state index contributed by atoms with van der Waals surface area (Å²) in [6.07, 6.45) is 62.3. The molecule has 0 bridgehead atoms. The first-order chi connectivity index (χ1) is 48.4. The molecule has 7 atom stereocenters. The lowest BCUT2D eigenvalue weighted by molar-refractivity contribution is -0.161. The third-order valence-electron chi connectivity index (χ3n) is 19.7. The summed E-state index contributed by atoms with van der Waals surface area (Å²) in [4.78, 5) is 73.1. The van der Waals surface area contributed by atoms with Gasteiger partial charge in [-0.25, -0.2) is 9.13 Å². The van der Waals surface area contributed by atoms with E-state index in [2.05, 4.69) is 41.5 Å². The van der Waals surface area contributed by atoms with Crippen molar-refractivity contribution in [1.82, 2.24) is 0 Å². The summed E-state index contributed by atoms with van der Waals surface area (Å²) in [5.74, 6) is -0.521. The molecule has 100 heavy (non-hydrogen) atoms. The molecule has 0 heterocycles. The number of esters is 4. The van der Waals surface area contributed by atoms with E-state index in [4.69, 9.17) is 37.0 Å².